The monoisotopic (exact) mass is 431 g/mol. The Hall–Kier alpha value is -2.73. The number of nitrogens with one attached hydrogen (secondary N) is 3. The molecule has 0 aromatic heterocycles. The zero-order valence-electron chi connectivity index (χ0n) is 17.5. The van der Waals surface area contributed by atoms with Gasteiger partial charge in [0.1, 0.15) is 18.1 Å². The van der Waals surface area contributed by atoms with Crippen molar-refractivity contribution in [2.75, 3.05) is 6.54 Å². The minimum Gasteiger partial charge on any atom is -0.481 e. The number of rotatable bonds is 14. The average Bonchev–Trinajstić information content (AvgIpc) is 2.63. The van der Waals surface area contributed by atoms with Gasteiger partial charge in [0, 0.05) is 0 Å². The van der Waals surface area contributed by atoms with E-state index in [-0.39, 0.29) is 12.3 Å². The molecular formula is C18H33N5O7. The molecule has 0 fully saturated rings. The number of hydrogen-bond donors (Lipinski definition) is 7. The van der Waals surface area contributed by atoms with Gasteiger partial charge in [-0.05, 0) is 38.6 Å². The maximum absolute atomic E-state index is 12.6. The fourth-order valence-electron chi connectivity index (χ4n) is 2.49. The summed E-state index contributed by atoms with van der Waals surface area (Å²) in [6.07, 6.45) is 0.684. The molecule has 30 heavy (non-hydrogen) atoms. The van der Waals surface area contributed by atoms with E-state index in [1.165, 1.54) is 6.92 Å². The third-order valence-corrected chi connectivity index (χ3v) is 4.29. The van der Waals surface area contributed by atoms with Crippen LogP contribution in [0.2, 0.25) is 0 Å². The number of amides is 3. The first-order chi connectivity index (χ1) is 13.9. The zero-order chi connectivity index (χ0) is 23.4. The molecule has 0 aliphatic rings. The number of nitrogens with two attached hydrogens (primary N) is 2. The zero-order valence-corrected chi connectivity index (χ0v) is 17.5. The van der Waals surface area contributed by atoms with Crippen LogP contribution < -0.4 is 27.4 Å². The van der Waals surface area contributed by atoms with Crippen LogP contribution in [0.25, 0.3) is 0 Å². The topological polar surface area (TPSA) is 214 Å². The highest BCUT2D eigenvalue weighted by molar-refractivity contribution is 5.94. The Morgan fingerprint density at radius 3 is 1.93 bits per heavy atom. The van der Waals surface area contributed by atoms with Crippen LogP contribution in [0.3, 0.4) is 0 Å². The van der Waals surface area contributed by atoms with Crippen LogP contribution in [0.15, 0.2) is 0 Å². The molecule has 0 saturated carbocycles. The van der Waals surface area contributed by atoms with E-state index in [1.54, 1.807) is 13.8 Å². The SMILES string of the molecule is CC(NC(=O)C(CCCCN)NC(=O)C(N)CC(=O)O)C(=O)NC(C(=O)O)C(C)C. The standard InChI is InChI=1S/C18H33N5O7/c1-9(2)14(18(29)30)23-15(26)10(3)21-17(28)12(6-4-5-7-19)22-16(27)11(20)8-13(24)25/h9-12,14H,4-8,19-20H2,1-3H3,(H,21,28)(H,22,27)(H,23,26)(H,24,25)(H,29,30). The first kappa shape index (κ1) is 27.3. The van der Waals surface area contributed by atoms with Crippen molar-refractivity contribution in [2.24, 2.45) is 17.4 Å². The van der Waals surface area contributed by atoms with Crippen molar-refractivity contribution in [1.82, 2.24) is 16.0 Å². The van der Waals surface area contributed by atoms with Crippen LogP contribution >= 0.6 is 0 Å². The Kier molecular flexibility index (Phi) is 12.3. The van der Waals surface area contributed by atoms with Gasteiger partial charge in [-0.3, -0.25) is 19.2 Å². The first-order valence-electron chi connectivity index (χ1n) is 9.72. The molecule has 4 unspecified atom stereocenters. The molecule has 0 saturated heterocycles. The molecule has 0 rings (SSSR count). The quantitative estimate of drug-likeness (QED) is 0.153. The van der Waals surface area contributed by atoms with E-state index >= 15 is 0 Å². The first-order valence-corrected chi connectivity index (χ1v) is 9.72. The Labute approximate surface area is 175 Å². The van der Waals surface area contributed by atoms with E-state index in [0.717, 1.165) is 0 Å². The normalized spacial score (nSPS) is 14.9. The van der Waals surface area contributed by atoms with Crippen LogP contribution in [-0.4, -0.2) is 70.6 Å². The summed E-state index contributed by atoms with van der Waals surface area (Å²) in [5.74, 6) is -5.01. The number of aliphatic carboxylic acids is 2. The number of unbranched alkanes of at least 4 members (excludes halogenated alkanes) is 1. The molecule has 172 valence electrons. The molecule has 0 aromatic rings. The predicted molar refractivity (Wildman–Crippen MR) is 107 cm³/mol. The van der Waals surface area contributed by atoms with E-state index in [0.29, 0.717) is 19.4 Å². The molecule has 3 amide bonds. The largest absolute Gasteiger partial charge is 0.481 e. The second-order valence-corrected chi connectivity index (χ2v) is 7.35. The highest BCUT2D eigenvalue weighted by atomic mass is 16.4. The van der Waals surface area contributed by atoms with Crippen molar-refractivity contribution in [2.45, 2.75) is 70.6 Å². The van der Waals surface area contributed by atoms with Gasteiger partial charge in [0.25, 0.3) is 0 Å². The van der Waals surface area contributed by atoms with Gasteiger partial charge in [-0.15, -0.1) is 0 Å². The van der Waals surface area contributed by atoms with Crippen molar-refractivity contribution >= 4 is 29.7 Å². The van der Waals surface area contributed by atoms with Gasteiger partial charge < -0.3 is 37.6 Å². The lowest BCUT2D eigenvalue weighted by molar-refractivity contribution is -0.143. The minimum atomic E-state index is -1.34. The number of carboxylic acid groups (broad SMARTS) is 2. The van der Waals surface area contributed by atoms with Crippen LogP contribution in [0.1, 0.15) is 46.5 Å². The summed E-state index contributed by atoms with van der Waals surface area (Å²) in [5.41, 5.74) is 11.0. The molecule has 12 nitrogen and oxygen atoms in total. The number of hydrogen-bond acceptors (Lipinski definition) is 7. The van der Waals surface area contributed by atoms with Gasteiger partial charge in [0.05, 0.1) is 12.5 Å². The third kappa shape index (κ3) is 10.2. The van der Waals surface area contributed by atoms with E-state index in [9.17, 15) is 24.0 Å². The van der Waals surface area contributed by atoms with Gasteiger partial charge >= 0.3 is 11.9 Å². The van der Waals surface area contributed by atoms with E-state index < -0.39 is 60.2 Å². The molecule has 4 atom stereocenters. The van der Waals surface area contributed by atoms with E-state index in [2.05, 4.69) is 16.0 Å². The fourth-order valence-corrected chi connectivity index (χ4v) is 2.49. The lowest BCUT2D eigenvalue weighted by Gasteiger charge is -2.24. The molecule has 0 aliphatic heterocycles. The smallest absolute Gasteiger partial charge is 0.326 e. The molecule has 0 radical (unpaired) electrons. The van der Waals surface area contributed by atoms with Crippen molar-refractivity contribution in [3.8, 4) is 0 Å². The van der Waals surface area contributed by atoms with Gasteiger partial charge in [-0.25, -0.2) is 4.79 Å². The second-order valence-electron chi connectivity index (χ2n) is 7.35. The Morgan fingerprint density at radius 1 is 0.867 bits per heavy atom. The van der Waals surface area contributed by atoms with Gasteiger partial charge in [0.15, 0.2) is 0 Å². The summed E-state index contributed by atoms with van der Waals surface area (Å²) in [7, 11) is 0. The highest BCUT2D eigenvalue weighted by Gasteiger charge is 2.29. The predicted octanol–water partition coefficient (Wildman–Crippen LogP) is -1.87. The summed E-state index contributed by atoms with van der Waals surface area (Å²) < 4.78 is 0. The van der Waals surface area contributed by atoms with Crippen molar-refractivity contribution in [3.05, 3.63) is 0 Å². The van der Waals surface area contributed by atoms with E-state index in [4.69, 9.17) is 21.7 Å². The summed E-state index contributed by atoms with van der Waals surface area (Å²) in [6, 6.07) is -4.58. The highest BCUT2D eigenvalue weighted by Crippen LogP contribution is 2.05. The van der Waals surface area contributed by atoms with Crippen molar-refractivity contribution in [3.63, 3.8) is 0 Å². The molecule has 0 heterocycles. The number of carboxylic acids is 2. The minimum absolute atomic E-state index is 0.201. The molecule has 0 aromatic carbocycles. The molecule has 0 bridgehead atoms. The number of carbonyl (C=O) groups excluding carboxylic acids is 3. The molecule has 12 heteroatoms. The van der Waals surface area contributed by atoms with Gasteiger partial charge in [-0.2, -0.15) is 0 Å². The Morgan fingerprint density at radius 2 is 1.47 bits per heavy atom. The third-order valence-electron chi connectivity index (χ3n) is 4.29. The summed E-state index contributed by atoms with van der Waals surface area (Å²) in [5, 5.41) is 25.1. The van der Waals surface area contributed by atoms with Crippen molar-refractivity contribution in [1.29, 1.82) is 0 Å². The van der Waals surface area contributed by atoms with E-state index in [1.807, 2.05) is 0 Å². The molecule has 0 aliphatic carbocycles. The molecule has 9 N–H and O–H groups in total. The van der Waals surface area contributed by atoms with Crippen molar-refractivity contribution < 1.29 is 34.2 Å². The van der Waals surface area contributed by atoms with Crippen LogP contribution in [-0.2, 0) is 24.0 Å². The molecule has 0 spiro atoms. The molecular weight excluding hydrogens is 398 g/mol. The van der Waals surface area contributed by atoms with Crippen LogP contribution in [0.5, 0.6) is 0 Å². The lowest BCUT2D eigenvalue weighted by Crippen LogP contribution is -2.56. The number of carbonyl (C=O) groups is 5. The average molecular weight is 431 g/mol. The maximum Gasteiger partial charge on any atom is 0.326 e. The van der Waals surface area contributed by atoms with Crippen LogP contribution in [0.4, 0.5) is 0 Å². The Balaban J connectivity index is 5.08. The summed E-state index contributed by atoms with van der Waals surface area (Å²) >= 11 is 0. The Bertz CT molecular complexity index is 626. The fraction of sp³-hybridized carbons (Fsp3) is 0.722. The van der Waals surface area contributed by atoms with Crippen LogP contribution in [0, 0.1) is 5.92 Å². The van der Waals surface area contributed by atoms with Gasteiger partial charge in [-0.1, -0.05) is 13.8 Å². The maximum atomic E-state index is 12.6. The van der Waals surface area contributed by atoms with Gasteiger partial charge in [0.2, 0.25) is 17.7 Å². The summed E-state index contributed by atoms with van der Waals surface area (Å²) in [6.45, 7) is 5.02. The summed E-state index contributed by atoms with van der Waals surface area (Å²) in [4.78, 5) is 58.9. The lowest BCUT2D eigenvalue weighted by atomic mass is 10.0. The second kappa shape index (κ2) is 13.5.